The number of fused-ring (bicyclic) bond motifs is 3. The maximum Gasteiger partial charge on any atom is 0.328 e. The molecule has 0 bridgehead atoms. The van der Waals surface area contributed by atoms with Crippen molar-refractivity contribution >= 4 is 10.9 Å². The average molecular weight is 299 g/mol. The van der Waals surface area contributed by atoms with Gasteiger partial charge in [-0.3, -0.25) is 14.8 Å². The van der Waals surface area contributed by atoms with E-state index in [-0.39, 0.29) is 17.5 Å². The number of benzene rings is 1. The molecule has 0 aliphatic carbocycles. The van der Waals surface area contributed by atoms with Crippen molar-refractivity contribution in [2.75, 3.05) is 6.54 Å². The van der Waals surface area contributed by atoms with E-state index >= 15 is 0 Å². The van der Waals surface area contributed by atoms with Crippen molar-refractivity contribution in [3.8, 4) is 5.88 Å². The number of nitrogens with one attached hydrogen (secondary N) is 3. The molecular formula is C15H15N4O3+. The lowest BCUT2D eigenvalue weighted by Gasteiger charge is -2.21. The van der Waals surface area contributed by atoms with Crippen molar-refractivity contribution in [3.05, 3.63) is 61.9 Å². The van der Waals surface area contributed by atoms with Crippen LogP contribution in [-0.2, 0) is 6.42 Å². The summed E-state index contributed by atoms with van der Waals surface area (Å²) in [5.41, 5.74) is 1.97. The predicted octanol–water partition coefficient (Wildman–Crippen LogP) is -0.541. The number of nitrogens with two attached hydrogens (primary N) is 1. The largest absolute Gasteiger partial charge is 0.494 e. The molecule has 112 valence electrons. The van der Waals surface area contributed by atoms with Crippen LogP contribution >= 0.6 is 0 Å². The number of hydrogen-bond donors (Lipinski definition) is 5. The molecule has 0 radical (unpaired) electrons. The number of rotatable bonds is 1. The third-order valence-electron chi connectivity index (χ3n) is 4.22. The molecule has 22 heavy (non-hydrogen) atoms. The number of para-hydroxylation sites is 1. The lowest BCUT2D eigenvalue weighted by Crippen LogP contribution is -2.87. The van der Waals surface area contributed by atoms with Crippen molar-refractivity contribution in [3.63, 3.8) is 0 Å². The van der Waals surface area contributed by atoms with E-state index < -0.39 is 11.2 Å². The van der Waals surface area contributed by atoms with Gasteiger partial charge in [0.25, 0.3) is 5.56 Å². The molecule has 6 N–H and O–H groups in total. The number of H-pyrrole nitrogens is 3. The molecule has 0 saturated carbocycles. The highest BCUT2D eigenvalue weighted by atomic mass is 16.3. The van der Waals surface area contributed by atoms with Gasteiger partial charge in [-0.25, -0.2) is 4.79 Å². The maximum absolute atomic E-state index is 12.1. The monoisotopic (exact) mass is 299 g/mol. The summed E-state index contributed by atoms with van der Waals surface area (Å²) in [6.07, 6.45) is 0.887. The molecule has 2 aromatic heterocycles. The summed E-state index contributed by atoms with van der Waals surface area (Å²) in [6, 6.07) is 7.60. The smallest absolute Gasteiger partial charge is 0.328 e. The number of hydrogen-bond acceptors (Lipinski definition) is 3. The SMILES string of the molecule is O=c1[nH]c(O)c([C@@H]2[NH2+]CCc3c2[nH]c2ccccc32)c(=O)[nH]1. The Bertz CT molecular complexity index is 982. The molecular weight excluding hydrogens is 284 g/mol. The van der Waals surface area contributed by atoms with E-state index in [4.69, 9.17) is 0 Å². The molecule has 1 atom stereocenters. The number of quaternary nitrogens is 1. The van der Waals surface area contributed by atoms with Crippen molar-refractivity contribution in [1.29, 1.82) is 0 Å². The van der Waals surface area contributed by atoms with E-state index in [1.165, 1.54) is 0 Å². The van der Waals surface area contributed by atoms with Crippen LogP contribution in [0.2, 0.25) is 0 Å². The molecule has 3 aromatic rings. The lowest BCUT2D eigenvalue weighted by atomic mass is 9.95. The molecule has 0 amide bonds. The highest BCUT2D eigenvalue weighted by Gasteiger charge is 2.33. The van der Waals surface area contributed by atoms with Gasteiger partial charge < -0.3 is 15.4 Å². The summed E-state index contributed by atoms with van der Waals surface area (Å²) in [7, 11) is 0. The van der Waals surface area contributed by atoms with Crippen LogP contribution in [0.3, 0.4) is 0 Å². The van der Waals surface area contributed by atoms with Crippen LogP contribution in [0.25, 0.3) is 10.9 Å². The Hall–Kier alpha value is -2.80. The Morgan fingerprint density at radius 1 is 1.14 bits per heavy atom. The minimum absolute atomic E-state index is 0.173. The quantitative estimate of drug-likeness (QED) is 0.415. The fraction of sp³-hybridized carbons (Fsp3) is 0.200. The first-order chi connectivity index (χ1) is 10.6. The van der Waals surface area contributed by atoms with E-state index in [0.29, 0.717) is 0 Å². The average Bonchev–Trinajstić information content (AvgIpc) is 2.86. The van der Waals surface area contributed by atoms with E-state index in [9.17, 15) is 14.7 Å². The van der Waals surface area contributed by atoms with Gasteiger partial charge in [0.05, 0.1) is 12.2 Å². The second-order valence-electron chi connectivity index (χ2n) is 5.49. The first-order valence-electron chi connectivity index (χ1n) is 7.13. The van der Waals surface area contributed by atoms with Gasteiger partial charge in [-0.05, 0) is 11.6 Å². The standard InChI is InChI=1S/C15H14N4O3/c20-13-10(14(21)19-15(22)18-13)12-11-8(5-6-16-12)7-3-1-2-4-9(7)17-11/h1-4,12,16-17H,5-6H2,(H3,18,19,20,21,22)/p+1/t12-/m0/s1. The first kappa shape index (κ1) is 12.9. The summed E-state index contributed by atoms with van der Waals surface area (Å²) in [5.74, 6) is -0.374. The highest BCUT2D eigenvalue weighted by molar-refractivity contribution is 5.85. The third-order valence-corrected chi connectivity index (χ3v) is 4.22. The van der Waals surface area contributed by atoms with Gasteiger partial charge in [-0.15, -0.1) is 0 Å². The Morgan fingerprint density at radius 3 is 2.77 bits per heavy atom. The van der Waals surface area contributed by atoms with Gasteiger partial charge in [-0.2, -0.15) is 0 Å². The zero-order chi connectivity index (χ0) is 15.3. The van der Waals surface area contributed by atoms with Crippen LogP contribution in [0.15, 0.2) is 33.9 Å². The molecule has 1 aliphatic rings. The van der Waals surface area contributed by atoms with Gasteiger partial charge >= 0.3 is 5.69 Å². The second kappa shape index (κ2) is 4.60. The van der Waals surface area contributed by atoms with E-state index in [1.807, 2.05) is 29.6 Å². The van der Waals surface area contributed by atoms with Crippen LogP contribution in [0.1, 0.15) is 22.9 Å². The maximum atomic E-state index is 12.1. The lowest BCUT2D eigenvalue weighted by molar-refractivity contribution is -0.690. The second-order valence-corrected chi connectivity index (χ2v) is 5.49. The van der Waals surface area contributed by atoms with Crippen molar-refractivity contribution in [1.82, 2.24) is 15.0 Å². The summed E-state index contributed by atoms with van der Waals surface area (Å²) in [4.78, 5) is 31.1. The van der Waals surface area contributed by atoms with Gasteiger partial charge in [0, 0.05) is 17.3 Å². The first-order valence-corrected chi connectivity index (χ1v) is 7.13. The Balaban J connectivity index is 1.97. The number of aromatic hydroxyl groups is 1. The molecule has 4 rings (SSSR count). The Morgan fingerprint density at radius 2 is 1.95 bits per heavy atom. The van der Waals surface area contributed by atoms with Crippen LogP contribution in [-0.4, -0.2) is 26.6 Å². The molecule has 7 heteroatoms. The molecule has 7 nitrogen and oxygen atoms in total. The fourth-order valence-corrected chi connectivity index (χ4v) is 3.30. The Labute approximate surface area is 124 Å². The zero-order valence-electron chi connectivity index (χ0n) is 11.6. The van der Waals surface area contributed by atoms with Crippen LogP contribution in [0, 0.1) is 0 Å². The van der Waals surface area contributed by atoms with Gasteiger partial charge in [0.15, 0.2) is 6.04 Å². The summed E-state index contributed by atoms with van der Waals surface area (Å²) in [5, 5.41) is 13.1. The fourth-order valence-electron chi connectivity index (χ4n) is 3.30. The number of aromatic nitrogens is 3. The van der Waals surface area contributed by atoms with Gasteiger partial charge in [0.1, 0.15) is 5.56 Å². The molecule has 0 unspecified atom stereocenters. The third kappa shape index (κ3) is 1.79. The molecule has 0 fully saturated rings. The zero-order valence-corrected chi connectivity index (χ0v) is 11.6. The highest BCUT2D eigenvalue weighted by Crippen LogP contribution is 2.31. The minimum Gasteiger partial charge on any atom is -0.494 e. The number of aromatic amines is 3. The van der Waals surface area contributed by atoms with Crippen LogP contribution < -0.4 is 16.6 Å². The molecule has 0 spiro atoms. The van der Waals surface area contributed by atoms with E-state index in [2.05, 4.69) is 15.0 Å². The summed E-state index contributed by atoms with van der Waals surface area (Å²) >= 11 is 0. The summed E-state index contributed by atoms with van der Waals surface area (Å²) in [6.45, 7) is 0.803. The van der Waals surface area contributed by atoms with E-state index in [0.717, 1.165) is 35.1 Å². The normalized spacial score (nSPS) is 17.5. The predicted molar refractivity (Wildman–Crippen MR) is 80.0 cm³/mol. The van der Waals surface area contributed by atoms with Gasteiger partial charge in [0.2, 0.25) is 5.88 Å². The molecule has 0 saturated heterocycles. The van der Waals surface area contributed by atoms with Crippen molar-refractivity contribution < 1.29 is 10.4 Å². The minimum atomic E-state index is -0.709. The topological polar surface area (TPSA) is 118 Å². The molecule has 1 aliphatic heterocycles. The van der Waals surface area contributed by atoms with Crippen molar-refractivity contribution in [2.24, 2.45) is 0 Å². The van der Waals surface area contributed by atoms with Crippen LogP contribution in [0.4, 0.5) is 0 Å². The Kier molecular flexibility index (Phi) is 2.70. The molecule has 1 aromatic carbocycles. The summed E-state index contributed by atoms with van der Waals surface area (Å²) < 4.78 is 0. The van der Waals surface area contributed by atoms with Crippen molar-refractivity contribution in [2.45, 2.75) is 12.5 Å². The van der Waals surface area contributed by atoms with E-state index in [1.54, 1.807) is 0 Å². The van der Waals surface area contributed by atoms with Crippen LogP contribution in [0.5, 0.6) is 5.88 Å². The van der Waals surface area contributed by atoms with Gasteiger partial charge in [-0.1, -0.05) is 18.2 Å². The molecule has 3 heterocycles.